The smallest absolute Gasteiger partial charge is 0.227 e. The van der Waals surface area contributed by atoms with Crippen molar-refractivity contribution in [2.24, 2.45) is 0 Å². The fourth-order valence-corrected chi connectivity index (χ4v) is 1.86. The van der Waals surface area contributed by atoms with E-state index in [1.165, 1.54) is 0 Å². The van der Waals surface area contributed by atoms with E-state index in [9.17, 15) is 4.79 Å². The highest BCUT2D eigenvalue weighted by Gasteiger charge is 2.04. The summed E-state index contributed by atoms with van der Waals surface area (Å²) < 4.78 is 0. The van der Waals surface area contributed by atoms with Crippen molar-refractivity contribution in [1.29, 1.82) is 0 Å². The van der Waals surface area contributed by atoms with Crippen LogP contribution in [-0.4, -0.2) is 27.4 Å². The minimum atomic E-state index is -0.0821. The highest BCUT2D eigenvalue weighted by molar-refractivity contribution is 5.89. The molecule has 0 unspecified atom stereocenters. The van der Waals surface area contributed by atoms with Crippen molar-refractivity contribution in [3.05, 3.63) is 41.5 Å². The van der Waals surface area contributed by atoms with E-state index in [0.29, 0.717) is 24.6 Å². The number of nitrogens with zero attached hydrogens (tertiary/aromatic N) is 3. The van der Waals surface area contributed by atoms with Crippen molar-refractivity contribution >= 4 is 17.5 Å². The summed E-state index contributed by atoms with van der Waals surface area (Å²) in [6, 6.07) is 5.55. The lowest BCUT2D eigenvalue weighted by Gasteiger charge is -2.07. The molecule has 1 amide bonds. The number of aryl methyl sites for hydroxylation is 3. The summed E-state index contributed by atoms with van der Waals surface area (Å²) in [5.74, 6) is 1.94. The Kier molecular flexibility index (Phi) is 4.81. The standard InChI is InChI=1S/C15H19N5O/c1-10-4-5-13(17-9-10)20-15(21)6-7-16-14-8-11(2)18-12(3)19-14/h4-5,8-9H,6-7H2,1-3H3,(H,16,18,19)(H,17,20,21). The maximum atomic E-state index is 11.8. The van der Waals surface area contributed by atoms with Crippen LogP contribution in [-0.2, 0) is 4.79 Å². The van der Waals surface area contributed by atoms with Gasteiger partial charge in [0, 0.05) is 30.9 Å². The van der Waals surface area contributed by atoms with Gasteiger partial charge in [-0.2, -0.15) is 0 Å². The minimum absolute atomic E-state index is 0.0821. The Bertz CT molecular complexity index is 604. The maximum absolute atomic E-state index is 11.8. The molecule has 0 radical (unpaired) electrons. The fraction of sp³-hybridized carbons (Fsp3) is 0.333. The van der Waals surface area contributed by atoms with Gasteiger partial charge in [0.15, 0.2) is 0 Å². The first-order valence-corrected chi connectivity index (χ1v) is 6.81. The van der Waals surface area contributed by atoms with Crippen LogP contribution < -0.4 is 10.6 Å². The molecule has 2 heterocycles. The number of nitrogens with one attached hydrogen (secondary N) is 2. The van der Waals surface area contributed by atoms with E-state index in [1.807, 2.05) is 32.9 Å². The fourth-order valence-electron chi connectivity index (χ4n) is 1.86. The monoisotopic (exact) mass is 285 g/mol. The van der Waals surface area contributed by atoms with Crippen molar-refractivity contribution in [1.82, 2.24) is 15.0 Å². The Hall–Kier alpha value is -2.50. The summed E-state index contributed by atoms with van der Waals surface area (Å²) in [5, 5.41) is 5.88. The van der Waals surface area contributed by atoms with Gasteiger partial charge in [-0.1, -0.05) is 6.07 Å². The van der Waals surface area contributed by atoms with Crippen LogP contribution in [0.1, 0.15) is 23.5 Å². The number of hydrogen-bond donors (Lipinski definition) is 2. The molecule has 0 aliphatic carbocycles. The van der Waals surface area contributed by atoms with Crippen LogP contribution in [0.2, 0.25) is 0 Å². The second-order valence-electron chi connectivity index (χ2n) is 4.89. The predicted octanol–water partition coefficient (Wildman–Crippen LogP) is 2.24. The van der Waals surface area contributed by atoms with Crippen LogP contribution in [0.15, 0.2) is 24.4 Å². The Labute approximate surface area is 124 Å². The molecule has 0 spiro atoms. The Morgan fingerprint density at radius 2 is 1.95 bits per heavy atom. The summed E-state index contributed by atoms with van der Waals surface area (Å²) in [4.78, 5) is 24.4. The second kappa shape index (κ2) is 6.78. The number of hydrogen-bond acceptors (Lipinski definition) is 5. The molecule has 2 aromatic rings. The van der Waals surface area contributed by atoms with Crippen LogP contribution in [0.3, 0.4) is 0 Å². The van der Waals surface area contributed by atoms with Crippen molar-refractivity contribution in [3.63, 3.8) is 0 Å². The zero-order valence-corrected chi connectivity index (χ0v) is 12.5. The molecule has 6 nitrogen and oxygen atoms in total. The third-order valence-corrected chi connectivity index (χ3v) is 2.80. The molecule has 0 aromatic carbocycles. The Morgan fingerprint density at radius 3 is 2.62 bits per heavy atom. The van der Waals surface area contributed by atoms with Crippen molar-refractivity contribution in [2.75, 3.05) is 17.2 Å². The lowest BCUT2D eigenvalue weighted by molar-refractivity contribution is -0.116. The molecule has 2 N–H and O–H groups in total. The molecule has 2 rings (SSSR count). The lowest BCUT2D eigenvalue weighted by atomic mass is 10.3. The average Bonchev–Trinajstić information content (AvgIpc) is 2.40. The Morgan fingerprint density at radius 1 is 1.14 bits per heavy atom. The first-order chi connectivity index (χ1) is 10.0. The third kappa shape index (κ3) is 4.83. The van der Waals surface area contributed by atoms with Gasteiger partial charge in [-0.15, -0.1) is 0 Å². The van der Waals surface area contributed by atoms with E-state index in [2.05, 4.69) is 25.6 Å². The number of aromatic nitrogens is 3. The van der Waals surface area contributed by atoms with Crippen molar-refractivity contribution < 1.29 is 4.79 Å². The van der Waals surface area contributed by atoms with Crippen LogP contribution >= 0.6 is 0 Å². The van der Waals surface area contributed by atoms with E-state index >= 15 is 0 Å². The van der Waals surface area contributed by atoms with E-state index < -0.39 is 0 Å². The third-order valence-electron chi connectivity index (χ3n) is 2.80. The van der Waals surface area contributed by atoms with Gasteiger partial charge in [0.25, 0.3) is 0 Å². The lowest BCUT2D eigenvalue weighted by Crippen LogP contribution is -2.17. The molecule has 6 heteroatoms. The second-order valence-corrected chi connectivity index (χ2v) is 4.89. The molecule has 0 atom stereocenters. The van der Waals surface area contributed by atoms with Gasteiger partial charge in [0.05, 0.1) is 0 Å². The number of amides is 1. The van der Waals surface area contributed by atoms with Gasteiger partial charge in [-0.3, -0.25) is 4.79 Å². The van der Waals surface area contributed by atoms with Crippen LogP contribution in [0.5, 0.6) is 0 Å². The largest absolute Gasteiger partial charge is 0.369 e. The molecule has 0 saturated heterocycles. The van der Waals surface area contributed by atoms with E-state index in [-0.39, 0.29) is 5.91 Å². The predicted molar refractivity (Wildman–Crippen MR) is 82.2 cm³/mol. The molecule has 0 fully saturated rings. The molecule has 0 aliphatic rings. The highest BCUT2D eigenvalue weighted by atomic mass is 16.1. The number of anilines is 2. The van der Waals surface area contributed by atoms with E-state index in [1.54, 1.807) is 12.3 Å². The summed E-state index contributed by atoms with van der Waals surface area (Å²) in [7, 11) is 0. The summed E-state index contributed by atoms with van der Waals surface area (Å²) >= 11 is 0. The van der Waals surface area contributed by atoms with Crippen LogP contribution in [0, 0.1) is 20.8 Å². The van der Waals surface area contributed by atoms with Gasteiger partial charge >= 0.3 is 0 Å². The molecule has 0 aliphatic heterocycles. The van der Waals surface area contributed by atoms with Gasteiger partial charge < -0.3 is 10.6 Å². The quantitative estimate of drug-likeness (QED) is 0.880. The zero-order valence-electron chi connectivity index (χ0n) is 12.5. The van der Waals surface area contributed by atoms with Gasteiger partial charge in [-0.25, -0.2) is 15.0 Å². The summed E-state index contributed by atoms with van der Waals surface area (Å²) in [5.41, 5.74) is 1.96. The van der Waals surface area contributed by atoms with Crippen molar-refractivity contribution in [3.8, 4) is 0 Å². The van der Waals surface area contributed by atoms with Gasteiger partial charge in [0.1, 0.15) is 17.5 Å². The van der Waals surface area contributed by atoms with Crippen LogP contribution in [0.25, 0.3) is 0 Å². The highest BCUT2D eigenvalue weighted by Crippen LogP contribution is 2.06. The Balaban J connectivity index is 1.80. The molecular formula is C15H19N5O. The molecule has 21 heavy (non-hydrogen) atoms. The zero-order chi connectivity index (χ0) is 15.2. The number of pyridine rings is 1. The average molecular weight is 285 g/mol. The van der Waals surface area contributed by atoms with E-state index in [4.69, 9.17) is 0 Å². The van der Waals surface area contributed by atoms with Crippen LogP contribution in [0.4, 0.5) is 11.6 Å². The molecule has 0 bridgehead atoms. The number of rotatable bonds is 5. The molecule has 110 valence electrons. The molecule has 2 aromatic heterocycles. The molecular weight excluding hydrogens is 266 g/mol. The minimum Gasteiger partial charge on any atom is -0.369 e. The number of carbonyl (C=O) groups is 1. The first kappa shape index (κ1) is 14.9. The van der Waals surface area contributed by atoms with E-state index in [0.717, 1.165) is 17.1 Å². The van der Waals surface area contributed by atoms with Gasteiger partial charge in [0.2, 0.25) is 5.91 Å². The van der Waals surface area contributed by atoms with Gasteiger partial charge in [-0.05, 0) is 32.4 Å². The SMILES string of the molecule is Cc1ccc(NC(=O)CCNc2cc(C)nc(C)n2)nc1. The maximum Gasteiger partial charge on any atom is 0.227 e. The number of carbonyl (C=O) groups excluding carboxylic acids is 1. The molecule has 0 saturated carbocycles. The van der Waals surface area contributed by atoms with Crippen molar-refractivity contribution in [2.45, 2.75) is 27.2 Å². The first-order valence-electron chi connectivity index (χ1n) is 6.81. The summed E-state index contributed by atoms with van der Waals surface area (Å²) in [6.07, 6.45) is 2.07. The summed E-state index contributed by atoms with van der Waals surface area (Å²) in [6.45, 7) is 6.21. The topological polar surface area (TPSA) is 79.8 Å². The normalized spacial score (nSPS) is 10.2.